The summed E-state index contributed by atoms with van der Waals surface area (Å²) in [6.07, 6.45) is -4.85. The summed E-state index contributed by atoms with van der Waals surface area (Å²) in [6.45, 7) is 13.8. The third-order valence-electron chi connectivity index (χ3n) is 7.40. The number of nitrogens with zero attached hydrogens (tertiary/aromatic N) is 3. The molecule has 3 rings (SSSR count). The van der Waals surface area contributed by atoms with Crippen LogP contribution in [0.1, 0.15) is 72.9 Å². The van der Waals surface area contributed by atoms with Gasteiger partial charge < -0.3 is 39.0 Å². The van der Waals surface area contributed by atoms with Crippen LogP contribution in [0.5, 0.6) is 5.75 Å². The van der Waals surface area contributed by atoms with E-state index in [9.17, 15) is 29.5 Å². The fourth-order valence-corrected chi connectivity index (χ4v) is 4.66. The molecule has 1 aliphatic rings. The number of para-hydroxylation sites is 2. The van der Waals surface area contributed by atoms with E-state index in [1.165, 1.54) is 23.1 Å². The van der Waals surface area contributed by atoms with Crippen molar-refractivity contribution in [1.29, 1.82) is 5.26 Å². The van der Waals surface area contributed by atoms with E-state index >= 15 is 0 Å². The Hall–Kier alpha value is -4.71. The number of hydrogen-bond acceptors (Lipinski definition) is 11. The maximum absolute atomic E-state index is 13.6. The number of nitriles is 1. The van der Waals surface area contributed by atoms with Gasteiger partial charge in [0.2, 0.25) is 0 Å². The van der Waals surface area contributed by atoms with Crippen LogP contribution < -0.4 is 15.0 Å². The molecule has 2 N–H and O–H groups in total. The van der Waals surface area contributed by atoms with Gasteiger partial charge in [-0.25, -0.2) is 14.5 Å². The Bertz CT molecular complexity index is 1560. The minimum absolute atomic E-state index is 0.0396. The summed E-state index contributed by atoms with van der Waals surface area (Å²) in [6, 6.07) is 13.1. The Morgan fingerprint density at radius 1 is 1.04 bits per heavy atom. The number of benzene rings is 2. The van der Waals surface area contributed by atoms with E-state index in [0.29, 0.717) is 24.5 Å². The number of anilines is 2. The second-order valence-corrected chi connectivity index (χ2v) is 14.3. The minimum atomic E-state index is -1.92. The van der Waals surface area contributed by atoms with Gasteiger partial charge in [0.1, 0.15) is 17.0 Å². The lowest BCUT2D eigenvalue weighted by Crippen LogP contribution is -2.55. The molecule has 4 amide bonds. The number of imide groups is 1. The molecule has 0 radical (unpaired) electrons. The van der Waals surface area contributed by atoms with Crippen LogP contribution in [0.15, 0.2) is 42.5 Å². The predicted octanol–water partition coefficient (Wildman–Crippen LogP) is 5.16. The van der Waals surface area contributed by atoms with Crippen molar-refractivity contribution in [2.75, 3.05) is 37.1 Å². The molecule has 0 saturated carbocycles. The van der Waals surface area contributed by atoms with Crippen LogP contribution in [0.2, 0.25) is 0 Å². The number of carbonyl (C=O) groups excluding carboxylic acids is 4. The van der Waals surface area contributed by atoms with E-state index < -0.39 is 59.6 Å². The molecule has 1 aliphatic heterocycles. The highest BCUT2D eigenvalue weighted by molar-refractivity contribution is 6.04. The third-order valence-corrected chi connectivity index (χ3v) is 7.40. The van der Waals surface area contributed by atoms with E-state index in [4.69, 9.17) is 23.7 Å². The minimum Gasteiger partial charge on any atom is -0.491 e. The predicted molar refractivity (Wildman–Crippen MR) is 184 cm³/mol. The maximum Gasteiger partial charge on any atom is 0.420 e. The molecule has 272 valence electrons. The first kappa shape index (κ1) is 39.7. The first-order chi connectivity index (χ1) is 23.2. The molecule has 50 heavy (non-hydrogen) atoms. The molecule has 2 atom stereocenters. The fraction of sp³-hybridized carbons (Fsp3) is 0.528. The van der Waals surface area contributed by atoms with Crippen molar-refractivity contribution in [2.45, 2.75) is 97.4 Å². The van der Waals surface area contributed by atoms with Crippen molar-refractivity contribution in [3.63, 3.8) is 0 Å². The highest BCUT2D eigenvalue weighted by atomic mass is 16.6. The zero-order valence-corrected chi connectivity index (χ0v) is 30.2. The van der Waals surface area contributed by atoms with Gasteiger partial charge in [-0.2, -0.15) is 5.26 Å². The summed E-state index contributed by atoms with van der Waals surface area (Å²) in [7, 11) is 1.62. The van der Waals surface area contributed by atoms with Crippen LogP contribution in [0, 0.1) is 11.3 Å². The van der Waals surface area contributed by atoms with Gasteiger partial charge in [-0.1, -0.05) is 12.1 Å². The Kier molecular flexibility index (Phi) is 13.0. The van der Waals surface area contributed by atoms with Crippen molar-refractivity contribution in [2.24, 2.45) is 0 Å². The van der Waals surface area contributed by atoms with Gasteiger partial charge >= 0.3 is 12.2 Å². The first-order valence-corrected chi connectivity index (χ1v) is 16.2. The highest BCUT2D eigenvalue weighted by Gasteiger charge is 2.40. The van der Waals surface area contributed by atoms with Crippen molar-refractivity contribution in [1.82, 2.24) is 4.90 Å². The average Bonchev–Trinajstić information content (AvgIpc) is 3.02. The lowest BCUT2D eigenvalue weighted by atomic mass is 10.1. The smallest absolute Gasteiger partial charge is 0.420 e. The molecule has 14 nitrogen and oxygen atoms in total. The highest BCUT2D eigenvalue weighted by Crippen LogP contribution is 2.31. The number of amides is 4. The SMILES string of the molecule is COC(C)(C)CCOc1ccccc1N1CCO[C@H]([C@@H](O)C(=O)Nc2ccc(C#N)c(CN(C(=O)OC(C)(C)C)C(=O)OC(C)(C)C)c2)C1=O. The van der Waals surface area contributed by atoms with Gasteiger partial charge in [-0.3, -0.25) is 9.59 Å². The summed E-state index contributed by atoms with van der Waals surface area (Å²) < 4.78 is 27.8. The standard InChI is InChI=1S/C36H48N4O10/c1-34(2,3)49-32(44)40(33(45)50-35(4,5)6)22-24-20-25(15-14-23(24)21-37)38-30(42)28(41)29-31(43)39(17-19-48-29)26-12-10-11-13-27(26)47-18-16-36(7,8)46-9/h10-15,20,28-29,41H,16-19,22H2,1-9H3,(H,38,42)/t28-,29-/m1/s1. The molecular weight excluding hydrogens is 648 g/mol. The summed E-state index contributed by atoms with van der Waals surface area (Å²) in [5.41, 5.74) is -1.42. The van der Waals surface area contributed by atoms with Crippen LogP contribution in [-0.4, -0.2) is 89.9 Å². The van der Waals surface area contributed by atoms with Crippen LogP contribution >= 0.6 is 0 Å². The van der Waals surface area contributed by atoms with Gasteiger partial charge in [0, 0.05) is 25.8 Å². The number of ether oxygens (including phenoxy) is 5. The Morgan fingerprint density at radius 2 is 1.66 bits per heavy atom. The zero-order chi connectivity index (χ0) is 37.4. The normalized spacial score (nSPS) is 15.8. The van der Waals surface area contributed by atoms with Crippen LogP contribution in [0.4, 0.5) is 21.0 Å². The molecule has 0 aromatic heterocycles. The Morgan fingerprint density at radius 3 is 2.24 bits per heavy atom. The molecule has 0 bridgehead atoms. The largest absolute Gasteiger partial charge is 0.491 e. The van der Waals surface area contributed by atoms with Crippen molar-refractivity contribution >= 4 is 35.4 Å². The number of methoxy groups -OCH3 is 1. The van der Waals surface area contributed by atoms with Crippen molar-refractivity contribution < 1.29 is 48.0 Å². The molecule has 1 fully saturated rings. The Balaban J connectivity index is 1.80. The summed E-state index contributed by atoms with van der Waals surface area (Å²) in [5, 5.41) is 23.3. The van der Waals surface area contributed by atoms with E-state index in [0.717, 1.165) is 4.90 Å². The Labute approximate surface area is 293 Å². The molecule has 1 saturated heterocycles. The van der Waals surface area contributed by atoms with E-state index in [1.807, 2.05) is 19.9 Å². The summed E-state index contributed by atoms with van der Waals surface area (Å²) >= 11 is 0. The van der Waals surface area contributed by atoms with Gasteiger partial charge in [-0.05, 0) is 91.3 Å². The van der Waals surface area contributed by atoms with E-state index in [1.54, 1.807) is 72.9 Å². The summed E-state index contributed by atoms with van der Waals surface area (Å²) in [4.78, 5) is 55.1. The van der Waals surface area contributed by atoms with Crippen LogP contribution in [0.25, 0.3) is 0 Å². The van der Waals surface area contributed by atoms with Crippen molar-refractivity contribution in [3.05, 3.63) is 53.6 Å². The second-order valence-electron chi connectivity index (χ2n) is 14.3. The van der Waals surface area contributed by atoms with Gasteiger partial charge in [-0.15, -0.1) is 0 Å². The number of nitrogens with one attached hydrogen (secondary N) is 1. The molecule has 2 aromatic carbocycles. The number of aliphatic hydroxyl groups is 1. The van der Waals surface area contributed by atoms with Gasteiger partial charge in [0.15, 0.2) is 12.2 Å². The summed E-state index contributed by atoms with van der Waals surface area (Å²) in [5.74, 6) is -1.15. The monoisotopic (exact) mass is 696 g/mol. The number of morpholine rings is 1. The molecule has 0 aliphatic carbocycles. The number of hydrogen-bond donors (Lipinski definition) is 2. The van der Waals surface area contributed by atoms with E-state index in [-0.39, 0.29) is 30.0 Å². The average molecular weight is 697 g/mol. The topological polar surface area (TPSA) is 177 Å². The zero-order valence-electron chi connectivity index (χ0n) is 30.2. The molecular formula is C36H48N4O10. The van der Waals surface area contributed by atoms with Gasteiger partial charge in [0.25, 0.3) is 11.8 Å². The lowest BCUT2D eigenvalue weighted by molar-refractivity contribution is -0.150. The first-order valence-electron chi connectivity index (χ1n) is 16.2. The number of rotatable bonds is 11. The lowest BCUT2D eigenvalue weighted by Gasteiger charge is -2.35. The molecule has 2 aromatic rings. The number of carbonyl (C=O) groups is 4. The fourth-order valence-electron chi connectivity index (χ4n) is 4.66. The van der Waals surface area contributed by atoms with Crippen LogP contribution in [0.3, 0.4) is 0 Å². The number of aliphatic hydroxyl groups excluding tert-OH is 1. The maximum atomic E-state index is 13.6. The molecule has 14 heteroatoms. The van der Waals surface area contributed by atoms with Gasteiger partial charge in [0.05, 0.1) is 42.7 Å². The van der Waals surface area contributed by atoms with Crippen molar-refractivity contribution in [3.8, 4) is 11.8 Å². The molecule has 1 heterocycles. The third kappa shape index (κ3) is 11.2. The molecule has 0 unspecified atom stereocenters. The molecule has 0 spiro atoms. The van der Waals surface area contributed by atoms with Crippen LogP contribution in [-0.2, 0) is 35.1 Å². The quantitative estimate of drug-likeness (QED) is 0.317. The second kappa shape index (κ2) is 16.3. The van der Waals surface area contributed by atoms with E-state index in [2.05, 4.69) is 5.32 Å².